The molecule has 0 unspecified atom stereocenters. The second-order valence-corrected chi connectivity index (χ2v) is 12.3. The fourth-order valence-electron chi connectivity index (χ4n) is 5.55. The van der Waals surface area contributed by atoms with Gasteiger partial charge in [0, 0.05) is 18.8 Å². The van der Waals surface area contributed by atoms with E-state index in [1.807, 2.05) is 66.7 Å². The summed E-state index contributed by atoms with van der Waals surface area (Å²) in [4.78, 5) is 16.4. The van der Waals surface area contributed by atoms with Crippen molar-refractivity contribution in [2.24, 2.45) is 11.0 Å². The lowest BCUT2D eigenvalue weighted by Gasteiger charge is -2.32. The zero-order valence-corrected chi connectivity index (χ0v) is 28.6. The Hall–Kier alpha value is -5.16. The Balaban J connectivity index is 1.17. The lowest BCUT2D eigenvalue weighted by Crippen LogP contribution is -2.35. The van der Waals surface area contributed by atoms with E-state index in [-0.39, 0.29) is 0 Å². The summed E-state index contributed by atoms with van der Waals surface area (Å²) in [7, 11) is 3.26. The zero-order valence-electron chi connectivity index (χ0n) is 27.0. The van der Waals surface area contributed by atoms with E-state index in [4.69, 9.17) is 24.2 Å². The van der Waals surface area contributed by atoms with E-state index in [2.05, 4.69) is 72.0 Å². The smallest absolute Gasteiger partial charge is 0.250 e. The Labute approximate surface area is 289 Å². The summed E-state index contributed by atoms with van der Waals surface area (Å²) in [5.74, 6) is 3.94. The highest BCUT2D eigenvalue weighted by atomic mass is 79.9. The molecule has 48 heavy (non-hydrogen) atoms. The number of anilines is 4. The van der Waals surface area contributed by atoms with Gasteiger partial charge in [0.2, 0.25) is 17.8 Å². The number of rotatable bonds is 13. The molecule has 0 atom stereocenters. The monoisotopic (exact) mass is 707 g/mol. The summed E-state index contributed by atoms with van der Waals surface area (Å²) in [6.45, 7) is 2.14. The molecule has 1 fully saturated rings. The third kappa shape index (κ3) is 8.80. The normalized spacial score (nSPS) is 13.4. The van der Waals surface area contributed by atoms with Crippen LogP contribution in [0.3, 0.4) is 0 Å². The third-order valence-electron chi connectivity index (χ3n) is 8.09. The Bertz CT molecular complexity index is 1800. The summed E-state index contributed by atoms with van der Waals surface area (Å²) in [5, 5.41) is 7.76. The molecular formula is C37H38BrN7O3. The highest BCUT2D eigenvalue weighted by molar-refractivity contribution is 9.10. The maximum atomic E-state index is 6.08. The fourth-order valence-corrected chi connectivity index (χ4v) is 6.12. The van der Waals surface area contributed by atoms with Crippen molar-refractivity contribution in [3.05, 3.63) is 118 Å². The van der Waals surface area contributed by atoms with Crippen LogP contribution in [-0.4, -0.2) is 48.5 Å². The minimum Gasteiger partial charge on any atom is -0.497 e. The maximum Gasteiger partial charge on any atom is 0.250 e. The Morgan fingerprint density at radius 1 is 0.833 bits per heavy atom. The van der Waals surface area contributed by atoms with Gasteiger partial charge in [-0.15, -0.1) is 0 Å². The van der Waals surface area contributed by atoms with Crippen molar-refractivity contribution in [1.82, 2.24) is 15.0 Å². The second kappa shape index (κ2) is 16.1. The van der Waals surface area contributed by atoms with E-state index >= 15 is 0 Å². The van der Waals surface area contributed by atoms with E-state index in [9.17, 15) is 0 Å². The second-order valence-electron chi connectivity index (χ2n) is 11.4. The van der Waals surface area contributed by atoms with Crippen LogP contribution in [0.15, 0.2) is 107 Å². The fraction of sp³-hybridized carbons (Fsp3) is 0.243. The van der Waals surface area contributed by atoms with Gasteiger partial charge in [-0.3, -0.25) is 0 Å². The average Bonchev–Trinajstić information content (AvgIpc) is 3.12. The summed E-state index contributed by atoms with van der Waals surface area (Å²) in [6.07, 6.45) is 4.89. The van der Waals surface area contributed by atoms with Crippen molar-refractivity contribution in [3.63, 3.8) is 0 Å². The predicted octanol–water partition coefficient (Wildman–Crippen LogP) is 7.88. The molecule has 0 saturated carbocycles. The van der Waals surface area contributed by atoms with Crippen molar-refractivity contribution in [2.75, 3.05) is 43.0 Å². The van der Waals surface area contributed by atoms with Crippen LogP contribution in [-0.2, 0) is 13.0 Å². The molecule has 10 nitrogen and oxygen atoms in total. The van der Waals surface area contributed by atoms with Gasteiger partial charge in [0.1, 0.15) is 12.4 Å². The van der Waals surface area contributed by atoms with Crippen LogP contribution in [0.25, 0.3) is 0 Å². The summed E-state index contributed by atoms with van der Waals surface area (Å²) >= 11 is 3.63. The van der Waals surface area contributed by atoms with Crippen LogP contribution in [0.4, 0.5) is 23.5 Å². The van der Waals surface area contributed by atoms with Gasteiger partial charge in [-0.05, 0) is 94.2 Å². The number of aromatic nitrogens is 3. The number of nitrogens with one attached hydrogen (secondary N) is 2. The zero-order chi connectivity index (χ0) is 33.1. The van der Waals surface area contributed by atoms with Gasteiger partial charge in [-0.1, -0.05) is 60.7 Å². The molecule has 0 amide bonds. The molecule has 1 saturated heterocycles. The average molecular weight is 709 g/mol. The highest BCUT2D eigenvalue weighted by Gasteiger charge is 2.23. The highest BCUT2D eigenvalue weighted by Crippen LogP contribution is 2.37. The van der Waals surface area contributed by atoms with E-state index in [0.29, 0.717) is 41.9 Å². The predicted molar refractivity (Wildman–Crippen MR) is 194 cm³/mol. The summed E-state index contributed by atoms with van der Waals surface area (Å²) < 4.78 is 17.8. The lowest BCUT2D eigenvalue weighted by molar-refractivity contribution is 0.282. The van der Waals surface area contributed by atoms with Crippen molar-refractivity contribution in [3.8, 4) is 17.2 Å². The molecule has 1 aliphatic rings. The maximum absolute atomic E-state index is 6.08. The van der Waals surface area contributed by atoms with Crippen LogP contribution in [0, 0.1) is 5.92 Å². The largest absolute Gasteiger partial charge is 0.497 e. The molecule has 6 rings (SSSR count). The quantitative estimate of drug-likeness (QED) is 0.0934. The van der Waals surface area contributed by atoms with Crippen LogP contribution in [0.1, 0.15) is 29.5 Å². The Morgan fingerprint density at radius 3 is 2.21 bits per heavy atom. The van der Waals surface area contributed by atoms with Crippen molar-refractivity contribution < 1.29 is 14.2 Å². The van der Waals surface area contributed by atoms with Gasteiger partial charge < -0.3 is 24.4 Å². The number of halogens is 1. The molecule has 246 valence electrons. The van der Waals surface area contributed by atoms with Crippen molar-refractivity contribution >= 4 is 45.7 Å². The number of piperidine rings is 1. The minimum atomic E-state index is 0.326. The number of nitrogens with zero attached hydrogens (tertiary/aromatic N) is 5. The number of ether oxygens (including phenoxy) is 3. The van der Waals surface area contributed by atoms with Crippen molar-refractivity contribution in [1.29, 1.82) is 0 Å². The SMILES string of the molecule is COc1ccc(Nc2nc(N/N=C\c3cc(Br)c(OCc4ccccc4)c(OC)c3)nc(N3CCC(Cc4ccccc4)CC3)n2)cc1. The van der Waals surface area contributed by atoms with Crippen molar-refractivity contribution in [2.45, 2.75) is 25.9 Å². The standard InChI is InChI=1S/C37H38BrN7O3/c1-46-31-15-13-30(14-16-31)40-35-41-36(43-37(42-35)45-19-17-27(18-20-45)21-26-9-5-3-6-10-26)44-39-24-29-22-32(38)34(33(23-29)47-2)48-25-28-11-7-4-8-12-28/h3-16,22-24,27H,17-21,25H2,1-2H3,(H2,40,41,42,43,44)/b39-24-. The van der Waals surface area contributed by atoms with E-state index in [0.717, 1.165) is 59.4 Å². The molecule has 11 heteroatoms. The van der Waals surface area contributed by atoms with Gasteiger partial charge in [-0.25, -0.2) is 5.43 Å². The molecule has 2 heterocycles. The summed E-state index contributed by atoms with van der Waals surface area (Å²) in [5.41, 5.74) is 7.08. The molecule has 0 spiro atoms. The van der Waals surface area contributed by atoms with Gasteiger partial charge in [0.25, 0.3) is 0 Å². The van der Waals surface area contributed by atoms with Crippen LogP contribution in [0.5, 0.6) is 17.2 Å². The molecule has 5 aromatic rings. The number of benzene rings is 4. The van der Waals surface area contributed by atoms with E-state index < -0.39 is 0 Å². The van der Waals surface area contributed by atoms with Gasteiger partial charge in [0.05, 0.1) is 24.9 Å². The number of hydrogen-bond donors (Lipinski definition) is 2. The molecule has 0 aliphatic carbocycles. The molecule has 1 aromatic heterocycles. The molecule has 4 aromatic carbocycles. The van der Waals surface area contributed by atoms with Crippen LogP contribution in [0.2, 0.25) is 0 Å². The van der Waals surface area contributed by atoms with Gasteiger partial charge >= 0.3 is 0 Å². The van der Waals surface area contributed by atoms with E-state index in [1.165, 1.54) is 5.56 Å². The Kier molecular flexibility index (Phi) is 11.0. The van der Waals surface area contributed by atoms with Gasteiger partial charge in [0.15, 0.2) is 11.5 Å². The van der Waals surface area contributed by atoms with E-state index in [1.54, 1.807) is 20.4 Å². The molecule has 2 N–H and O–H groups in total. The van der Waals surface area contributed by atoms with Crippen LogP contribution < -0.4 is 29.9 Å². The molecule has 0 bridgehead atoms. The van der Waals surface area contributed by atoms with Gasteiger partial charge in [-0.2, -0.15) is 20.1 Å². The number of hydrazone groups is 1. The minimum absolute atomic E-state index is 0.326. The third-order valence-corrected chi connectivity index (χ3v) is 8.68. The first-order chi connectivity index (χ1) is 23.6. The molecule has 1 aliphatic heterocycles. The lowest BCUT2D eigenvalue weighted by atomic mass is 9.90. The summed E-state index contributed by atoms with van der Waals surface area (Å²) in [6, 6.07) is 32.1. The number of methoxy groups -OCH3 is 2. The number of hydrogen-bond acceptors (Lipinski definition) is 10. The Morgan fingerprint density at radius 2 is 1.52 bits per heavy atom. The first-order valence-corrected chi connectivity index (χ1v) is 16.6. The molecule has 0 radical (unpaired) electrons. The first kappa shape index (κ1) is 32.8. The topological polar surface area (TPSA) is 106 Å². The first-order valence-electron chi connectivity index (χ1n) is 15.9. The molecular weight excluding hydrogens is 670 g/mol. The van der Waals surface area contributed by atoms with Crippen LogP contribution >= 0.6 is 15.9 Å².